The van der Waals surface area contributed by atoms with E-state index in [9.17, 15) is 0 Å². The van der Waals surface area contributed by atoms with E-state index < -0.39 is 0 Å². The molecule has 0 radical (unpaired) electrons. The predicted octanol–water partition coefficient (Wildman–Crippen LogP) is 2.75. The Labute approximate surface area is 67.1 Å². The van der Waals surface area contributed by atoms with Crippen molar-refractivity contribution < 1.29 is 4.42 Å². The number of rotatable bonds is 0. The van der Waals surface area contributed by atoms with Gasteiger partial charge < -0.3 is 0 Å². The summed E-state index contributed by atoms with van der Waals surface area (Å²) in [5, 5.41) is 0. The van der Waals surface area contributed by atoms with Gasteiger partial charge in [0.15, 0.2) is 0 Å². The van der Waals surface area contributed by atoms with Crippen LogP contribution in [0.2, 0.25) is 0 Å². The molecular weight excluding hydrogens is 136 g/mol. The zero-order valence-corrected chi connectivity index (χ0v) is 6.89. The van der Waals surface area contributed by atoms with Gasteiger partial charge in [0.25, 0.3) is 0 Å². The van der Waals surface area contributed by atoms with Crippen molar-refractivity contribution in [1.82, 2.24) is 0 Å². The maximum absolute atomic E-state index is 5.60. The third-order valence-electron chi connectivity index (χ3n) is 2.26. The summed E-state index contributed by atoms with van der Waals surface area (Å²) in [5.41, 5.74) is 1.42. The maximum Gasteiger partial charge on any atom is 0.332 e. The van der Waals surface area contributed by atoms with E-state index in [1.54, 1.807) is 0 Å². The van der Waals surface area contributed by atoms with Crippen molar-refractivity contribution >= 4 is 0 Å². The van der Waals surface area contributed by atoms with Gasteiger partial charge in [-0.1, -0.05) is 0 Å². The number of hydrogen-bond donors (Lipinski definition) is 0. The van der Waals surface area contributed by atoms with Crippen LogP contribution in [-0.2, 0) is 12.8 Å². The normalized spacial score (nSPS) is 16.1. The maximum atomic E-state index is 5.60. The highest BCUT2D eigenvalue weighted by molar-refractivity contribution is 5.21. The van der Waals surface area contributed by atoms with Crippen LogP contribution in [0.3, 0.4) is 0 Å². The van der Waals surface area contributed by atoms with E-state index in [0.717, 1.165) is 12.2 Å². The first-order chi connectivity index (χ1) is 5.36. The topological polar surface area (TPSA) is 11.3 Å². The summed E-state index contributed by atoms with van der Waals surface area (Å²) in [6.45, 7) is 2.01. The molecule has 1 aromatic rings. The molecule has 0 saturated carbocycles. The minimum atomic E-state index is 1.03. The van der Waals surface area contributed by atoms with Gasteiger partial charge in [0, 0.05) is 6.07 Å². The van der Waals surface area contributed by atoms with Gasteiger partial charge >= 0.3 is 11.5 Å². The van der Waals surface area contributed by atoms with Gasteiger partial charge in [-0.25, -0.2) is 4.42 Å². The quantitative estimate of drug-likeness (QED) is 0.516. The van der Waals surface area contributed by atoms with E-state index in [1.807, 2.05) is 6.92 Å². The Bertz CT molecular complexity index is 266. The molecule has 1 nitrogen and oxygen atoms in total. The third kappa shape index (κ3) is 1.28. The summed E-state index contributed by atoms with van der Waals surface area (Å²) < 4.78 is 5.60. The summed E-state index contributed by atoms with van der Waals surface area (Å²) in [7, 11) is 0. The second-order valence-electron chi connectivity index (χ2n) is 3.20. The van der Waals surface area contributed by atoms with Gasteiger partial charge in [-0.3, -0.25) is 0 Å². The fourth-order valence-electron chi connectivity index (χ4n) is 1.64. The van der Waals surface area contributed by atoms with Gasteiger partial charge in [0.2, 0.25) is 0 Å². The lowest BCUT2D eigenvalue weighted by Crippen LogP contribution is -2.01. The standard InChI is InChI=1S/C10H13O/c1-8-6-7-9-4-2-3-5-10(9)11-8/h6-7H,2-5H2,1H3/q+1. The van der Waals surface area contributed by atoms with Crippen LogP contribution >= 0.6 is 0 Å². The Morgan fingerprint density at radius 2 is 2.00 bits per heavy atom. The van der Waals surface area contributed by atoms with Crippen LogP contribution in [0, 0.1) is 6.92 Å². The Morgan fingerprint density at radius 3 is 2.91 bits per heavy atom. The van der Waals surface area contributed by atoms with E-state index in [1.165, 1.54) is 30.6 Å². The third-order valence-corrected chi connectivity index (χ3v) is 2.26. The smallest absolute Gasteiger partial charge is 0.218 e. The molecule has 0 aliphatic heterocycles. The van der Waals surface area contributed by atoms with E-state index in [2.05, 4.69) is 12.1 Å². The van der Waals surface area contributed by atoms with Crippen molar-refractivity contribution in [1.29, 1.82) is 0 Å². The first-order valence-electron chi connectivity index (χ1n) is 4.28. The Morgan fingerprint density at radius 1 is 1.18 bits per heavy atom. The lowest BCUT2D eigenvalue weighted by atomic mass is 9.97. The molecule has 2 rings (SSSR count). The second-order valence-corrected chi connectivity index (χ2v) is 3.20. The van der Waals surface area contributed by atoms with E-state index in [0.29, 0.717) is 0 Å². The minimum absolute atomic E-state index is 1.03. The van der Waals surface area contributed by atoms with E-state index >= 15 is 0 Å². The molecule has 0 bridgehead atoms. The summed E-state index contributed by atoms with van der Waals surface area (Å²) in [6.07, 6.45) is 4.96. The molecule has 11 heavy (non-hydrogen) atoms. The summed E-state index contributed by atoms with van der Waals surface area (Å²) in [5.74, 6) is 2.25. The SMILES string of the molecule is Cc1ccc2c([o+]1)CCCC2. The highest BCUT2D eigenvalue weighted by atomic mass is 16.3. The summed E-state index contributed by atoms with van der Waals surface area (Å²) >= 11 is 0. The fourth-order valence-corrected chi connectivity index (χ4v) is 1.64. The molecule has 0 spiro atoms. The molecule has 1 aliphatic carbocycles. The Hall–Kier alpha value is -0.850. The van der Waals surface area contributed by atoms with Crippen LogP contribution in [0.1, 0.15) is 29.9 Å². The molecule has 0 amide bonds. The van der Waals surface area contributed by atoms with Crippen molar-refractivity contribution in [3.8, 4) is 0 Å². The van der Waals surface area contributed by atoms with Crippen molar-refractivity contribution in [3.05, 3.63) is 29.2 Å². The first kappa shape index (κ1) is 6.84. The lowest BCUT2D eigenvalue weighted by Gasteiger charge is -2.05. The Balaban J connectivity index is 2.43. The van der Waals surface area contributed by atoms with Crippen molar-refractivity contribution in [2.45, 2.75) is 32.6 Å². The molecule has 0 fully saturated rings. The van der Waals surface area contributed by atoms with Crippen molar-refractivity contribution in [2.75, 3.05) is 0 Å². The predicted molar refractivity (Wildman–Crippen MR) is 44.5 cm³/mol. The van der Waals surface area contributed by atoms with Crippen molar-refractivity contribution in [2.24, 2.45) is 0 Å². The molecule has 0 aromatic carbocycles. The molecule has 0 saturated heterocycles. The lowest BCUT2D eigenvalue weighted by molar-refractivity contribution is 0.433. The van der Waals surface area contributed by atoms with Gasteiger partial charge in [-0.05, 0) is 25.3 Å². The largest absolute Gasteiger partial charge is 0.332 e. The average molecular weight is 149 g/mol. The van der Waals surface area contributed by atoms with Gasteiger partial charge in [-0.15, -0.1) is 0 Å². The molecule has 0 unspecified atom stereocenters. The van der Waals surface area contributed by atoms with Crippen LogP contribution in [0.25, 0.3) is 0 Å². The highest BCUT2D eigenvalue weighted by Crippen LogP contribution is 2.21. The molecule has 1 heterocycles. The van der Waals surface area contributed by atoms with Crippen LogP contribution in [0.15, 0.2) is 16.5 Å². The molecular formula is C10H13O+. The minimum Gasteiger partial charge on any atom is -0.218 e. The van der Waals surface area contributed by atoms with Gasteiger partial charge in [0.1, 0.15) is 0 Å². The molecule has 1 aromatic heterocycles. The van der Waals surface area contributed by atoms with E-state index in [4.69, 9.17) is 4.42 Å². The zero-order valence-electron chi connectivity index (χ0n) is 6.89. The molecule has 1 aliphatic rings. The average Bonchev–Trinajstić information content (AvgIpc) is 2.04. The van der Waals surface area contributed by atoms with Crippen LogP contribution in [0.4, 0.5) is 0 Å². The number of fused-ring (bicyclic) bond motifs is 1. The second kappa shape index (κ2) is 2.65. The Kier molecular flexibility index (Phi) is 1.65. The van der Waals surface area contributed by atoms with Crippen LogP contribution < -0.4 is 0 Å². The highest BCUT2D eigenvalue weighted by Gasteiger charge is 2.19. The monoisotopic (exact) mass is 149 g/mol. The van der Waals surface area contributed by atoms with E-state index in [-0.39, 0.29) is 0 Å². The summed E-state index contributed by atoms with van der Waals surface area (Å²) in [6, 6.07) is 4.26. The molecule has 58 valence electrons. The van der Waals surface area contributed by atoms with Crippen LogP contribution in [-0.4, -0.2) is 0 Å². The fraction of sp³-hybridized carbons (Fsp3) is 0.500. The number of aryl methyl sites for hydroxylation is 3. The first-order valence-corrected chi connectivity index (χ1v) is 4.28. The van der Waals surface area contributed by atoms with Crippen molar-refractivity contribution in [3.63, 3.8) is 0 Å². The number of hydrogen-bond acceptors (Lipinski definition) is 0. The molecule has 1 heteroatoms. The molecule has 0 N–H and O–H groups in total. The summed E-state index contributed by atoms with van der Waals surface area (Å²) in [4.78, 5) is 0. The molecule has 0 atom stereocenters. The van der Waals surface area contributed by atoms with Gasteiger partial charge in [-0.2, -0.15) is 0 Å². The van der Waals surface area contributed by atoms with Crippen LogP contribution in [0.5, 0.6) is 0 Å². The van der Waals surface area contributed by atoms with Gasteiger partial charge in [0.05, 0.1) is 18.9 Å². The zero-order chi connectivity index (χ0) is 7.68.